The van der Waals surface area contributed by atoms with Crippen LogP contribution in [0.25, 0.3) is 10.9 Å². The highest BCUT2D eigenvalue weighted by Crippen LogP contribution is 2.45. The van der Waals surface area contributed by atoms with Gasteiger partial charge in [0.15, 0.2) is 5.75 Å². The van der Waals surface area contributed by atoms with Gasteiger partial charge in [-0.3, -0.25) is 14.1 Å². The highest BCUT2D eigenvalue weighted by molar-refractivity contribution is 7.92. The Morgan fingerprint density at radius 3 is 2.38 bits per heavy atom. The number of nitrogens with zero attached hydrogens (tertiary/aromatic N) is 3. The maximum absolute atomic E-state index is 14.5. The first kappa shape index (κ1) is 26.4. The molecule has 1 amide bonds. The van der Waals surface area contributed by atoms with Gasteiger partial charge in [0, 0.05) is 36.3 Å². The number of ether oxygens (including phenoxy) is 2. The third-order valence-electron chi connectivity index (χ3n) is 6.71. The molecule has 0 aliphatic carbocycles. The van der Waals surface area contributed by atoms with E-state index in [1.54, 1.807) is 31.4 Å². The molecule has 39 heavy (non-hydrogen) atoms. The van der Waals surface area contributed by atoms with E-state index < -0.39 is 27.6 Å². The molecule has 1 aliphatic heterocycles. The average molecular weight is 554 g/mol. The zero-order chi connectivity index (χ0) is 27.9. The number of anilines is 1. The van der Waals surface area contributed by atoms with E-state index in [1.165, 1.54) is 24.2 Å². The first-order chi connectivity index (χ1) is 18.6. The number of halogens is 2. The minimum absolute atomic E-state index is 0.0819. The van der Waals surface area contributed by atoms with Crippen LogP contribution in [0.2, 0.25) is 0 Å². The predicted molar refractivity (Wildman–Crippen MR) is 142 cm³/mol. The Morgan fingerprint density at radius 1 is 1.05 bits per heavy atom. The topological polar surface area (TPSA) is 89.0 Å². The van der Waals surface area contributed by atoms with Gasteiger partial charge in [-0.05, 0) is 42.0 Å². The van der Waals surface area contributed by atoms with Crippen molar-refractivity contribution in [2.75, 3.05) is 24.7 Å². The molecule has 1 aliphatic rings. The zero-order valence-electron chi connectivity index (χ0n) is 21.4. The molecule has 2 heterocycles. The second-order valence-electron chi connectivity index (χ2n) is 9.16. The number of hydrogen-bond donors (Lipinski definition) is 0. The smallest absolute Gasteiger partial charge is 0.258 e. The summed E-state index contributed by atoms with van der Waals surface area (Å²) >= 11 is 0. The van der Waals surface area contributed by atoms with Crippen LogP contribution < -0.4 is 13.8 Å². The van der Waals surface area contributed by atoms with Crippen molar-refractivity contribution in [3.63, 3.8) is 0 Å². The quantitative estimate of drug-likeness (QED) is 0.316. The molecule has 0 unspecified atom stereocenters. The van der Waals surface area contributed by atoms with Crippen LogP contribution in [-0.2, 0) is 29.7 Å². The number of carbonyl (C=O) groups is 1. The summed E-state index contributed by atoms with van der Waals surface area (Å²) in [4.78, 5) is 19.5. The summed E-state index contributed by atoms with van der Waals surface area (Å²) < 4.78 is 66.7. The third kappa shape index (κ3) is 4.85. The summed E-state index contributed by atoms with van der Waals surface area (Å²) in [7, 11) is -0.798. The lowest BCUT2D eigenvalue weighted by Crippen LogP contribution is -2.27. The van der Waals surface area contributed by atoms with Crippen molar-refractivity contribution in [2.24, 2.45) is 0 Å². The van der Waals surface area contributed by atoms with Crippen molar-refractivity contribution in [3.05, 3.63) is 94.7 Å². The Morgan fingerprint density at radius 2 is 1.74 bits per heavy atom. The summed E-state index contributed by atoms with van der Waals surface area (Å²) in [6.45, 7) is -0.352. The molecule has 0 saturated heterocycles. The highest BCUT2D eigenvalue weighted by Gasteiger charge is 2.38. The van der Waals surface area contributed by atoms with E-state index in [0.29, 0.717) is 22.2 Å². The molecule has 0 saturated carbocycles. The molecule has 4 aromatic rings. The fraction of sp³-hybridized carbons (Fsp3) is 0.214. The number of rotatable bonds is 8. The number of pyridine rings is 1. The van der Waals surface area contributed by atoms with Gasteiger partial charge >= 0.3 is 0 Å². The zero-order valence-corrected chi connectivity index (χ0v) is 22.3. The van der Waals surface area contributed by atoms with E-state index in [0.717, 1.165) is 28.3 Å². The Hall–Kier alpha value is -4.25. The molecule has 202 valence electrons. The van der Waals surface area contributed by atoms with Crippen LogP contribution in [0.5, 0.6) is 11.5 Å². The summed E-state index contributed by atoms with van der Waals surface area (Å²) in [6, 6.07) is 14.0. The van der Waals surface area contributed by atoms with Crippen LogP contribution in [0.15, 0.2) is 60.8 Å². The van der Waals surface area contributed by atoms with Crippen molar-refractivity contribution < 1.29 is 31.5 Å². The molecule has 3 aromatic carbocycles. The molecular formula is C28H25F2N3O5S. The fourth-order valence-corrected chi connectivity index (χ4v) is 5.20. The van der Waals surface area contributed by atoms with Crippen molar-refractivity contribution >= 4 is 32.5 Å². The Bertz CT molecular complexity index is 1670. The Kier molecular flexibility index (Phi) is 6.85. The van der Waals surface area contributed by atoms with Crippen molar-refractivity contribution in [1.29, 1.82) is 0 Å². The molecule has 5 rings (SSSR count). The average Bonchev–Trinajstić information content (AvgIpc) is 3.23. The first-order valence-corrected chi connectivity index (χ1v) is 13.8. The normalized spacial score (nSPS) is 13.1. The lowest BCUT2D eigenvalue weighted by molar-refractivity contribution is 0.0760. The Labute approximate surface area is 224 Å². The summed E-state index contributed by atoms with van der Waals surface area (Å²) in [5.74, 6) is -1.27. The standard InChI is InChI=1S/C28H25F2N3O5S/c1-32(39(3,35)36)26-19-6-5-13-31-25(19)27(38-16-17-9-11-18(37-2)12-10-17)24-21(26)15-33(28(24)34)14-20-22(29)7-4-8-23(20)30/h4-13H,14-16H2,1-3H3. The maximum Gasteiger partial charge on any atom is 0.258 e. The summed E-state index contributed by atoms with van der Waals surface area (Å²) in [5.41, 5.74) is 1.56. The molecule has 0 bridgehead atoms. The molecule has 11 heteroatoms. The monoisotopic (exact) mass is 553 g/mol. The minimum Gasteiger partial charge on any atom is -0.497 e. The van der Waals surface area contributed by atoms with Gasteiger partial charge in [0.25, 0.3) is 5.91 Å². The lowest BCUT2D eigenvalue weighted by Gasteiger charge is -2.23. The minimum atomic E-state index is -3.75. The maximum atomic E-state index is 14.5. The molecule has 0 atom stereocenters. The van der Waals surface area contributed by atoms with Crippen molar-refractivity contribution in [3.8, 4) is 11.5 Å². The number of sulfonamides is 1. The first-order valence-electron chi connectivity index (χ1n) is 12.0. The number of hydrogen-bond acceptors (Lipinski definition) is 6. The molecule has 0 spiro atoms. The van der Waals surface area contributed by atoms with Crippen LogP contribution >= 0.6 is 0 Å². The van der Waals surface area contributed by atoms with Gasteiger partial charge in [-0.25, -0.2) is 17.2 Å². The number of benzene rings is 3. The van der Waals surface area contributed by atoms with Crippen LogP contribution in [0.1, 0.15) is 27.0 Å². The van der Waals surface area contributed by atoms with Gasteiger partial charge in [-0.2, -0.15) is 0 Å². The van der Waals surface area contributed by atoms with Gasteiger partial charge in [0.2, 0.25) is 10.0 Å². The highest BCUT2D eigenvalue weighted by atomic mass is 32.2. The van der Waals surface area contributed by atoms with Crippen molar-refractivity contribution in [2.45, 2.75) is 19.7 Å². The third-order valence-corrected chi connectivity index (χ3v) is 7.89. The number of aromatic nitrogens is 1. The molecule has 0 radical (unpaired) electrons. The van der Waals surface area contributed by atoms with Gasteiger partial charge in [0.05, 0.1) is 31.2 Å². The predicted octanol–water partition coefficient (Wildman–Crippen LogP) is 4.65. The van der Waals surface area contributed by atoms with Gasteiger partial charge in [0.1, 0.15) is 29.5 Å². The SMILES string of the molecule is COc1ccc(COc2c3c(c(N(C)S(C)(=O)=O)c4cccnc24)CN(Cc2c(F)cccc2F)C3=O)cc1. The summed E-state index contributed by atoms with van der Waals surface area (Å²) in [5, 5.41) is 0.459. The molecular weight excluding hydrogens is 528 g/mol. The van der Waals surface area contributed by atoms with Crippen LogP contribution in [-0.4, -0.2) is 44.6 Å². The number of amides is 1. The van der Waals surface area contributed by atoms with Crippen LogP contribution in [0.4, 0.5) is 14.5 Å². The van der Waals surface area contributed by atoms with E-state index in [4.69, 9.17) is 9.47 Å². The van der Waals surface area contributed by atoms with Crippen LogP contribution in [0.3, 0.4) is 0 Å². The van der Waals surface area contributed by atoms with Gasteiger partial charge in [-0.1, -0.05) is 18.2 Å². The van der Waals surface area contributed by atoms with E-state index in [9.17, 15) is 22.0 Å². The summed E-state index contributed by atoms with van der Waals surface area (Å²) in [6.07, 6.45) is 2.57. The Balaban J connectivity index is 1.66. The number of fused-ring (bicyclic) bond motifs is 2. The van der Waals surface area contributed by atoms with Gasteiger partial charge < -0.3 is 14.4 Å². The van der Waals surface area contributed by atoms with E-state index >= 15 is 0 Å². The second kappa shape index (κ2) is 10.1. The van der Waals surface area contributed by atoms with Crippen molar-refractivity contribution in [1.82, 2.24) is 9.88 Å². The largest absolute Gasteiger partial charge is 0.497 e. The van der Waals surface area contributed by atoms with E-state index in [1.807, 2.05) is 12.1 Å². The van der Waals surface area contributed by atoms with Crippen LogP contribution in [0, 0.1) is 11.6 Å². The number of carbonyl (C=O) groups excluding carboxylic acids is 1. The molecule has 0 N–H and O–H groups in total. The fourth-order valence-electron chi connectivity index (χ4n) is 4.66. The van der Waals surface area contributed by atoms with Gasteiger partial charge in [-0.15, -0.1) is 0 Å². The van der Waals surface area contributed by atoms with E-state index in [2.05, 4.69) is 4.98 Å². The lowest BCUT2D eigenvalue weighted by atomic mass is 10.0. The molecule has 1 aromatic heterocycles. The molecule has 8 nitrogen and oxygen atoms in total. The molecule has 0 fully saturated rings. The van der Waals surface area contributed by atoms with E-state index in [-0.39, 0.29) is 42.3 Å². The number of methoxy groups -OCH3 is 1. The second-order valence-corrected chi connectivity index (χ2v) is 11.2.